The van der Waals surface area contributed by atoms with Crippen molar-refractivity contribution in [3.63, 3.8) is 0 Å². The van der Waals surface area contributed by atoms with Gasteiger partial charge >= 0.3 is 0 Å². The average Bonchev–Trinajstić information content (AvgIpc) is 2.41. The fraction of sp³-hybridized carbons (Fsp3) is 0.462. The summed E-state index contributed by atoms with van der Waals surface area (Å²) in [5.74, 6) is -0.273. The van der Waals surface area contributed by atoms with E-state index in [9.17, 15) is 4.39 Å². The van der Waals surface area contributed by atoms with Crippen molar-refractivity contribution < 1.29 is 4.39 Å². The van der Waals surface area contributed by atoms with Crippen LogP contribution in [0.1, 0.15) is 18.0 Å². The Kier molecular flexibility index (Phi) is 9.36. The summed E-state index contributed by atoms with van der Waals surface area (Å²) in [6.45, 7) is 3.59. The molecule has 1 aliphatic rings. The number of hydrogen-bond acceptors (Lipinski definition) is 3. The van der Waals surface area contributed by atoms with Crippen LogP contribution in [0.4, 0.5) is 4.39 Å². The first-order valence-corrected chi connectivity index (χ1v) is 6.79. The molecule has 0 amide bonds. The second kappa shape index (κ2) is 9.54. The van der Waals surface area contributed by atoms with Gasteiger partial charge in [0, 0.05) is 32.2 Å². The highest BCUT2D eigenvalue weighted by molar-refractivity contribution is 9.10. The fourth-order valence-electron chi connectivity index (χ4n) is 2.29. The largest absolute Gasteiger partial charge is 0.314 e. The lowest BCUT2D eigenvalue weighted by Gasteiger charge is -2.34. The molecule has 0 saturated carbocycles. The predicted molar refractivity (Wildman–Crippen MR) is 86.0 cm³/mol. The summed E-state index contributed by atoms with van der Waals surface area (Å²) in [4.78, 5) is 2.24. The second-order valence-corrected chi connectivity index (χ2v) is 5.10. The normalized spacial score (nSPS) is 16.4. The lowest BCUT2D eigenvalue weighted by molar-refractivity contribution is 0.175. The summed E-state index contributed by atoms with van der Waals surface area (Å²) in [6.07, 6.45) is 0.377. The molecule has 2 rings (SSSR count). The summed E-state index contributed by atoms with van der Waals surface area (Å²) in [7, 11) is 0. The SMILES string of the molecule is Cl.Cl.N#CC[C@@H](c1cccc(F)c1Br)N1CCNCC1. The lowest BCUT2D eigenvalue weighted by atomic mass is 10.0. The molecule has 3 nitrogen and oxygen atoms in total. The molecule has 1 heterocycles. The highest BCUT2D eigenvalue weighted by Crippen LogP contribution is 2.32. The maximum atomic E-state index is 13.6. The van der Waals surface area contributed by atoms with E-state index in [0.717, 1.165) is 31.7 Å². The minimum atomic E-state index is -0.273. The van der Waals surface area contributed by atoms with E-state index in [1.165, 1.54) is 6.07 Å². The van der Waals surface area contributed by atoms with E-state index in [0.29, 0.717) is 10.9 Å². The van der Waals surface area contributed by atoms with Crippen LogP contribution >= 0.6 is 40.7 Å². The average molecular weight is 385 g/mol. The Morgan fingerprint density at radius 1 is 1.35 bits per heavy atom. The predicted octanol–water partition coefficient (Wildman–Crippen LogP) is 3.29. The first-order chi connectivity index (χ1) is 8.74. The Morgan fingerprint density at radius 3 is 2.60 bits per heavy atom. The molecular weight excluding hydrogens is 368 g/mol. The number of rotatable bonds is 3. The number of nitrogens with one attached hydrogen (secondary N) is 1. The van der Waals surface area contributed by atoms with Crippen molar-refractivity contribution in [2.75, 3.05) is 26.2 Å². The number of nitriles is 1. The zero-order valence-corrected chi connectivity index (χ0v) is 14.0. The van der Waals surface area contributed by atoms with Crippen molar-refractivity contribution >= 4 is 40.7 Å². The molecule has 1 N–H and O–H groups in total. The Morgan fingerprint density at radius 2 is 2.00 bits per heavy atom. The van der Waals surface area contributed by atoms with Gasteiger partial charge in [-0.05, 0) is 27.6 Å². The van der Waals surface area contributed by atoms with Gasteiger partial charge in [0.05, 0.1) is 17.0 Å². The van der Waals surface area contributed by atoms with Crippen LogP contribution in [0.2, 0.25) is 0 Å². The molecule has 0 bridgehead atoms. The molecule has 1 saturated heterocycles. The Labute approximate surface area is 139 Å². The highest BCUT2D eigenvalue weighted by Gasteiger charge is 2.24. The topological polar surface area (TPSA) is 39.1 Å². The minimum Gasteiger partial charge on any atom is -0.314 e. The number of benzene rings is 1. The van der Waals surface area contributed by atoms with Crippen molar-refractivity contribution in [2.24, 2.45) is 0 Å². The van der Waals surface area contributed by atoms with Crippen LogP contribution in [0.15, 0.2) is 22.7 Å². The van der Waals surface area contributed by atoms with Gasteiger partial charge in [0.2, 0.25) is 0 Å². The van der Waals surface area contributed by atoms with E-state index >= 15 is 0 Å². The van der Waals surface area contributed by atoms with Gasteiger partial charge in [0.15, 0.2) is 0 Å². The summed E-state index contributed by atoms with van der Waals surface area (Å²) in [5, 5.41) is 12.3. The third kappa shape index (κ3) is 4.57. The van der Waals surface area contributed by atoms with Crippen molar-refractivity contribution in [3.05, 3.63) is 34.1 Å². The van der Waals surface area contributed by atoms with E-state index in [-0.39, 0.29) is 36.7 Å². The van der Waals surface area contributed by atoms with Crippen LogP contribution in [-0.4, -0.2) is 31.1 Å². The van der Waals surface area contributed by atoms with Crippen molar-refractivity contribution in [2.45, 2.75) is 12.5 Å². The Hall–Kier alpha value is -0.380. The molecule has 20 heavy (non-hydrogen) atoms. The first kappa shape index (κ1) is 19.6. The zero-order valence-electron chi connectivity index (χ0n) is 10.8. The zero-order chi connectivity index (χ0) is 13.0. The van der Waals surface area contributed by atoms with Crippen LogP contribution in [0.25, 0.3) is 0 Å². The minimum absolute atomic E-state index is 0. The van der Waals surface area contributed by atoms with Crippen LogP contribution < -0.4 is 5.32 Å². The van der Waals surface area contributed by atoms with Crippen LogP contribution in [0.5, 0.6) is 0 Å². The molecule has 0 unspecified atom stereocenters. The quantitative estimate of drug-likeness (QED) is 0.868. The van der Waals surface area contributed by atoms with Crippen molar-refractivity contribution in [3.8, 4) is 6.07 Å². The van der Waals surface area contributed by atoms with Crippen LogP contribution in [0, 0.1) is 17.1 Å². The van der Waals surface area contributed by atoms with E-state index in [2.05, 4.69) is 32.2 Å². The molecule has 0 radical (unpaired) electrons. The van der Waals surface area contributed by atoms with Crippen molar-refractivity contribution in [1.82, 2.24) is 10.2 Å². The maximum Gasteiger partial charge on any atom is 0.137 e. The third-order valence-electron chi connectivity index (χ3n) is 3.22. The molecule has 1 aliphatic heterocycles. The van der Waals surface area contributed by atoms with Gasteiger partial charge in [-0.25, -0.2) is 4.39 Å². The monoisotopic (exact) mass is 383 g/mol. The summed E-state index contributed by atoms with van der Waals surface area (Å²) in [6, 6.07) is 7.17. The molecule has 112 valence electrons. The molecule has 1 atom stereocenters. The van der Waals surface area contributed by atoms with E-state index in [1.807, 2.05) is 6.07 Å². The number of hydrogen-bond donors (Lipinski definition) is 1. The fourth-order valence-corrected chi connectivity index (χ4v) is 2.82. The molecule has 0 aliphatic carbocycles. The van der Waals surface area contributed by atoms with Gasteiger partial charge in [-0.2, -0.15) is 5.26 Å². The van der Waals surface area contributed by atoms with E-state index in [1.54, 1.807) is 6.07 Å². The molecule has 0 aromatic heterocycles. The van der Waals surface area contributed by atoms with Gasteiger partial charge < -0.3 is 5.32 Å². The Balaban J connectivity index is 0.00000180. The number of nitrogens with zero attached hydrogens (tertiary/aromatic N) is 2. The Bertz CT molecular complexity index is 461. The maximum absolute atomic E-state index is 13.6. The summed E-state index contributed by atoms with van der Waals surface area (Å²) < 4.78 is 14.1. The van der Waals surface area contributed by atoms with Gasteiger partial charge in [-0.3, -0.25) is 4.90 Å². The van der Waals surface area contributed by atoms with E-state index in [4.69, 9.17) is 5.26 Å². The molecule has 1 fully saturated rings. The van der Waals surface area contributed by atoms with Gasteiger partial charge in [-0.1, -0.05) is 12.1 Å². The van der Waals surface area contributed by atoms with Gasteiger partial charge in [0.1, 0.15) is 5.82 Å². The van der Waals surface area contributed by atoms with Crippen LogP contribution in [0.3, 0.4) is 0 Å². The van der Waals surface area contributed by atoms with E-state index < -0.39 is 0 Å². The smallest absolute Gasteiger partial charge is 0.137 e. The van der Waals surface area contributed by atoms with Crippen molar-refractivity contribution in [1.29, 1.82) is 5.26 Å². The number of piperazine rings is 1. The molecule has 1 aromatic carbocycles. The second-order valence-electron chi connectivity index (χ2n) is 4.31. The molecule has 0 spiro atoms. The highest BCUT2D eigenvalue weighted by atomic mass is 79.9. The first-order valence-electron chi connectivity index (χ1n) is 5.99. The van der Waals surface area contributed by atoms with Crippen LogP contribution in [-0.2, 0) is 0 Å². The lowest BCUT2D eigenvalue weighted by Crippen LogP contribution is -2.45. The summed E-state index contributed by atoms with van der Waals surface area (Å²) >= 11 is 3.29. The number of halogens is 4. The van der Waals surface area contributed by atoms with Gasteiger partial charge in [0.25, 0.3) is 0 Å². The molecular formula is C13H17BrCl2FN3. The standard InChI is InChI=1S/C13H15BrFN3.2ClH/c14-13-10(2-1-3-11(13)15)12(4-5-16)18-8-6-17-7-9-18;;/h1-3,12,17H,4,6-9H2;2*1H/t12-;;/m0../s1. The molecule has 7 heteroatoms. The third-order valence-corrected chi connectivity index (χ3v) is 4.05. The van der Waals surface area contributed by atoms with Gasteiger partial charge in [-0.15, -0.1) is 24.8 Å². The molecule has 1 aromatic rings. The summed E-state index contributed by atoms with van der Waals surface area (Å²) in [5.41, 5.74) is 0.860.